The van der Waals surface area contributed by atoms with Crippen LogP contribution >= 0.6 is 0 Å². The van der Waals surface area contributed by atoms with Crippen molar-refractivity contribution in [2.75, 3.05) is 80.9 Å². The van der Waals surface area contributed by atoms with E-state index in [4.69, 9.17) is 0 Å². The van der Waals surface area contributed by atoms with E-state index in [-0.39, 0.29) is 6.17 Å². The van der Waals surface area contributed by atoms with Crippen molar-refractivity contribution >= 4 is 39.2 Å². The molecule has 1 heterocycles. The first-order chi connectivity index (χ1) is 14.2. The number of hydrogen-bond donors (Lipinski definition) is 0. The zero-order valence-electron chi connectivity index (χ0n) is 19.4. The van der Waals surface area contributed by atoms with Crippen molar-refractivity contribution in [1.82, 2.24) is 0 Å². The molecule has 30 heavy (non-hydrogen) atoms. The Morgan fingerprint density at radius 3 is 1.87 bits per heavy atom. The normalized spacial score (nSPS) is 15.5. The number of fused-ring (bicyclic) bond motifs is 3. The van der Waals surface area contributed by atoms with Gasteiger partial charge in [0.05, 0.1) is 11.4 Å². The standard InChI is InChI=1S/C25H33N5/c1-26(2)18-15-21(27(3)4)23(22(16-18)28(5)6)25-29(7)20-14-13-17-11-9-10-12-19(17)24(20)30(25)8/h9-16,25H,1-8H3. The topological polar surface area (TPSA) is 16.2 Å². The van der Waals surface area contributed by atoms with Crippen LogP contribution in [-0.2, 0) is 0 Å². The minimum Gasteiger partial charge on any atom is -0.378 e. The summed E-state index contributed by atoms with van der Waals surface area (Å²) in [5.74, 6) is 0. The van der Waals surface area contributed by atoms with E-state index in [9.17, 15) is 0 Å². The highest BCUT2D eigenvalue weighted by Crippen LogP contribution is 2.52. The minimum absolute atomic E-state index is 0.108. The molecule has 3 aromatic carbocycles. The number of benzene rings is 3. The van der Waals surface area contributed by atoms with Gasteiger partial charge in [0.1, 0.15) is 6.17 Å². The van der Waals surface area contributed by atoms with Crippen LogP contribution in [0.2, 0.25) is 0 Å². The first-order valence-electron chi connectivity index (χ1n) is 10.4. The fourth-order valence-electron chi connectivity index (χ4n) is 4.67. The molecule has 3 aromatic rings. The molecule has 5 heteroatoms. The van der Waals surface area contributed by atoms with Gasteiger partial charge in [0.15, 0.2) is 0 Å². The Morgan fingerprint density at radius 1 is 0.700 bits per heavy atom. The third kappa shape index (κ3) is 3.00. The SMILES string of the molecule is CN(C)c1cc(N(C)C)c(C2N(C)c3ccc4ccccc4c3N2C)c(N(C)C)c1. The fraction of sp³-hybridized carbons (Fsp3) is 0.360. The highest BCUT2D eigenvalue weighted by atomic mass is 15.4. The number of rotatable bonds is 4. The van der Waals surface area contributed by atoms with Gasteiger partial charge < -0.3 is 24.5 Å². The molecule has 0 bridgehead atoms. The van der Waals surface area contributed by atoms with E-state index >= 15 is 0 Å². The lowest BCUT2D eigenvalue weighted by Crippen LogP contribution is -2.33. The van der Waals surface area contributed by atoms with Gasteiger partial charge in [-0.05, 0) is 23.6 Å². The van der Waals surface area contributed by atoms with Crippen LogP contribution < -0.4 is 24.5 Å². The second-order valence-electron chi connectivity index (χ2n) is 8.83. The maximum absolute atomic E-state index is 2.43. The maximum Gasteiger partial charge on any atom is 0.132 e. The quantitative estimate of drug-likeness (QED) is 0.630. The predicted octanol–water partition coefficient (Wildman–Crippen LogP) is 4.62. The molecule has 0 saturated heterocycles. The molecule has 0 aliphatic carbocycles. The Labute approximate surface area is 180 Å². The Kier molecular flexibility index (Phi) is 4.92. The molecule has 1 atom stereocenters. The summed E-state index contributed by atoms with van der Waals surface area (Å²) in [6.07, 6.45) is 0.108. The van der Waals surface area contributed by atoms with Crippen molar-refractivity contribution < 1.29 is 0 Å². The number of hydrogen-bond acceptors (Lipinski definition) is 5. The zero-order valence-corrected chi connectivity index (χ0v) is 19.4. The van der Waals surface area contributed by atoms with Crippen LogP contribution in [0.15, 0.2) is 48.5 Å². The van der Waals surface area contributed by atoms with Crippen molar-refractivity contribution in [3.8, 4) is 0 Å². The zero-order chi connectivity index (χ0) is 21.7. The summed E-state index contributed by atoms with van der Waals surface area (Å²) in [6.45, 7) is 0. The average Bonchev–Trinajstić information content (AvgIpc) is 2.97. The van der Waals surface area contributed by atoms with E-state index in [0.29, 0.717) is 0 Å². The third-order valence-electron chi connectivity index (χ3n) is 6.21. The lowest BCUT2D eigenvalue weighted by atomic mass is 10.0. The molecule has 5 nitrogen and oxygen atoms in total. The highest BCUT2D eigenvalue weighted by molar-refractivity contribution is 6.03. The summed E-state index contributed by atoms with van der Waals surface area (Å²) in [4.78, 5) is 11.5. The van der Waals surface area contributed by atoms with Crippen molar-refractivity contribution in [3.05, 3.63) is 54.1 Å². The van der Waals surface area contributed by atoms with Gasteiger partial charge >= 0.3 is 0 Å². The Bertz CT molecular complexity index is 1060. The monoisotopic (exact) mass is 403 g/mol. The molecule has 0 N–H and O–H groups in total. The lowest BCUT2D eigenvalue weighted by molar-refractivity contribution is 0.692. The third-order valence-corrected chi connectivity index (χ3v) is 6.21. The van der Waals surface area contributed by atoms with Crippen molar-refractivity contribution in [2.45, 2.75) is 6.17 Å². The first-order valence-corrected chi connectivity index (χ1v) is 10.4. The molecule has 1 aliphatic heterocycles. The Morgan fingerprint density at radius 2 is 1.30 bits per heavy atom. The fourth-order valence-corrected chi connectivity index (χ4v) is 4.67. The molecular formula is C25H33N5. The van der Waals surface area contributed by atoms with Crippen LogP contribution in [-0.4, -0.2) is 56.4 Å². The van der Waals surface area contributed by atoms with Crippen LogP contribution in [0.3, 0.4) is 0 Å². The van der Waals surface area contributed by atoms with Crippen LogP contribution in [0.5, 0.6) is 0 Å². The van der Waals surface area contributed by atoms with Gasteiger partial charge in [0.2, 0.25) is 0 Å². The van der Waals surface area contributed by atoms with Gasteiger partial charge in [-0.15, -0.1) is 0 Å². The smallest absolute Gasteiger partial charge is 0.132 e. The second kappa shape index (κ2) is 7.31. The summed E-state index contributed by atoms with van der Waals surface area (Å²) in [5.41, 5.74) is 7.58. The molecule has 1 aliphatic rings. The molecule has 0 aromatic heterocycles. The Hall–Kier alpha value is -3.08. The average molecular weight is 404 g/mol. The van der Waals surface area contributed by atoms with Gasteiger partial charge in [-0.1, -0.05) is 30.3 Å². The summed E-state index contributed by atoms with van der Waals surface area (Å²) in [6, 6.07) is 17.7. The van der Waals surface area contributed by atoms with E-state index in [1.807, 2.05) is 0 Å². The molecule has 158 valence electrons. The van der Waals surface area contributed by atoms with Crippen LogP contribution in [0, 0.1) is 0 Å². The maximum atomic E-state index is 2.43. The Balaban J connectivity index is 1.97. The first kappa shape index (κ1) is 20.2. The minimum atomic E-state index is 0.108. The van der Waals surface area contributed by atoms with E-state index in [2.05, 4.69) is 129 Å². The summed E-state index contributed by atoms with van der Waals surface area (Å²) in [7, 11) is 17.2. The largest absolute Gasteiger partial charge is 0.378 e. The molecule has 0 amide bonds. The summed E-state index contributed by atoms with van der Waals surface area (Å²) in [5, 5.41) is 2.58. The number of anilines is 5. The van der Waals surface area contributed by atoms with Crippen molar-refractivity contribution in [1.29, 1.82) is 0 Å². The van der Waals surface area contributed by atoms with E-state index in [1.54, 1.807) is 0 Å². The van der Waals surface area contributed by atoms with Crippen molar-refractivity contribution in [2.24, 2.45) is 0 Å². The number of nitrogens with zero attached hydrogens (tertiary/aromatic N) is 5. The van der Waals surface area contributed by atoms with Gasteiger partial charge in [-0.25, -0.2) is 0 Å². The van der Waals surface area contributed by atoms with Crippen LogP contribution in [0.1, 0.15) is 11.7 Å². The van der Waals surface area contributed by atoms with E-state index in [0.717, 1.165) is 0 Å². The lowest BCUT2D eigenvalue weighted by Gasteiger charge is -2.35. The van der Waals surface area contributed by atoms with Gasteiger partial charge in [0, 0.05) is 84.4 Å². The summed E-state index contributed by atoms with van der Waals surface area (Å²) >= 11 is 0. The predicted molar refractivity (Wildman–Crippen MR) is 133 cm³/mol. The van der Waals surface area contributed by atoms with Gasteiger partial charge in [0.25, 0.3) is 0 Å². The van der Waals surface area contributed by atoms with Crippen molar-refractivity contribution in [3.63, 3.8) is 0 Å². The molecule has 0 spiro atoms. The summed E-state index contributed by atoms with van der Waals surface area (Å²) < 4.78 is 0. The molecular weight excluding hydrogens is 370 g/mol. The molecule has 4 rings (SSSR count). The van der Waals surface area contributed by atoms with Gasteiger partial charge in [-0.2, -0.15) is 0 Å². The highest BCUT2D eigenvalue weighted by Gasteiger charge is 2.37. The molecule has 0 fully saturated rings. The van der Waals surface area contributed by atoms with Crippen LogP contribution in [0.25, 0.3) is 10.8 Å². The van der Waals surface area contributed by atoms with Gasteiger partial charge in [-0.3, -0.25) is 0 Å². The van der Waals surface area contributed by atoms with E-state index < -0.39 is 0 Å². The second-order valence-corrected chi connectivity index (χ2v) is 8.83. The molecule has 0 saturated carbocycles. The molecule has 0 radical (unpaired) electrons. The van der Waals surface area contributed by atoms with E-state index in [1.165, 1.54) is 44.8 Å². The van der Waals surface area contributed by atoms with Crippen LogP contribution in [0.4, 0.5) is 28.4 Å². The molecule has 1 unspecified atom stereocenters.